The van der Waals surface area contributed by atoms with Gasteiger partial charge in [0.1, 0.15) is 11.5 Å². The predicted octanol–water partition coefficient (Wildman–Crippen LogP) is 4.28. The SMILES string of the molecule is CC(C)CNC(=O)c1cnc(Nc2cc(C(F)(F)F)ccc2Cl)cn1. The van der Waals surface area contributed by atoms with Gasteiger partial charge in [-0.05, 0) is 24.1 Å². The van der Waals surface area contributed by atoms with E-state index in [4.69, 9.17) is 11.6 Å². The minimum Gasteiger partial charge on any atom is -0.350 e. The third-order valence-electron chi connectivity index (χ3n) is 3.11. The number of alkyl halides is 3. The van der Waals surface area contributed by atoms with E-state index in [-0.39, 0.29) is 28.1 Å². The van der Waals surface area contributed by atoms with Gasteiger partial charge in [-0.1, -0.05) is 25.4 Å². The number of aromatic nitrogens is 2. The Labute approximate surface area is 147 Å². The number of nitrogens with zero attached hydrogens (tertiary/aromatic N) is 2. The highest BCUT2D eigenvalue weighted by Crippen LogP contribution is 2.34. The average molecular weight is 373 g/mol. The summed E-state index contributed by atoms with van der Waals surface area (Å²) in [7, 11) is 0. The van der Waals surface area contributed by atoms with Crippen molar-refractivity contribution in [2.75, 3.05) is 11.9 Å². The Kier molecular flexibility index (Phi) is 5.84. The minimum atomic E-state index is -4.48. The van der Waals surface area contributed by atoms with Crippen LogP contribution in [0.3, 0.4) is 0 Å². The topological polar surface area (TPSA) is 66.9 Å². The van der Waals surface area contributed by atoms with Gasteiger partial charge in [0, 0.05) is 6.54 Å². The number of hydrogen-bond donors (Lipinski definition) is 2. The van der Waals surface area contributed by atoms with Crippen molar-refractivity contribution in [2.45, 2.75) is 20.0 Å². The molecule has 5 nitrogen and oxygen atoms in total. The maximum atomic E-state index is 12.8. The van der Waals surface area contributed by atoms with E-state index in [9.17, 15) is 18.0 Å². The molecule has 1 amide bonds. The molecule has 1 heterocycles. The first-order valence-electron chi connectivity index (χ1n) is 7.41. The predicted molar refractivity (Wildman–Crippen MR) is 88.9 cm³/mol. The molecule has 0 radical (unpaired) electrons. The third kappa shape index (κ3) is 5.32. The minimum absolute atomic E-state index is 0.0443. The Balaban J connectivity index is 2.12. The Bertz CT molecular complexity index is 748. The zero-order valence-corrected chi connectivity index (χ0v) is 14.2. The molecule has 0 fully saturated rings. The molecular weight excluding hydrogens is 357 g/mol. The highest BCUT2D eigenvalue weighted by atomic mass is 35.5. The number of halogens is 4. The fourth-order valence-corrected chi connectivity index (χ4v) is 2.00. The summed E-state index contributed by atoms with van der Waals surface area (Å²) in [6.45, 7) is 4.41. The Morgan fingerprint density at radius 3 is 2.52 bits per heavy atom. The number of rotatable bonds is 5. The van der Waals surface area contributed by atoms with Gasteiger partial charge >= 0.3 is 6.18 Å². The zero-order valence-electron chi connectivity index (χ0n) is 13.5. The lowest BCUT2D eigenvalue weighted by Crippen LogP contribution is -2.28. The van der Waals surface area contributed by atoms with Crippen LogP contribution in [0.2, 0.25) is 5.02 Å². The Hall–Kier alpha value is -2.35. The molecule has 0 spiro atoms. The molecule has 2 aromatic rings. The molecule has 0 saturated carbocycles. The first-order valence-corrected chi connectivity index (χ1v) is 7.78. The second-order valence-corrected chi connectivity index (χ2v) is 6.12. The number of hydrogen-bond acceptors (Lipinski definition) is 4. The second-order valence-electron chi connectivity index (χ2n) is 5.71. The number of carbonyl (C=O) groups excluding carboxylic acids is 1. The van der Waals surface area contributed by atoms with E-state index in [0.29, 0.717) is 12.5 Å². The number of benzene rings is 1. The smallest absolute Gasteiger partial charge is 0.350 e. The van der Waals surface area contributed by atoms with Crippen LogP contribution >= 0.6 is 11.6 Å². The summed E-state index contributed by atoms with van der Waals surface area (Å²) in [5.74, 6) is 0.0902. The van der Waals surface area contributed by atoms with Gasteiger partial charge in [-0.2, -0.15) is 13.2 Å². The van der Waals surface area contributed by atoms with Gasteiger partial charge in [-0.3, -0.25) is 4.79 Å². The molecule has 0 aliphatic rings. The first-order chi connectivity index (χ1) is 11.7. The molecular formula is C16H16ClF3N4O. The summed E-state index contributed by atoms with van der Waals surface area (Å²) in [4.78, 5) is 19.8. The standard InChI is InChI=1S/C16H16ClF3N4O/c1-9(2)6-23-15(25)13-7-22-14(8-21-13)24-12-5-10(16(18,19)20)3-4-11(12)17/h3-5,7-9H,6H2,1-2H3,(H,22,24)(H,23,25). The lowest BCUT2D eigenvalue weighted by Gasteiger charge is -2.12. The van der Waals surface area contributed by atoms with Crippen molar-refractivity contribution in [3.05, 3.63) is 46.9 Å². The van der Waals surface area contributed by atoms with E-state index in [1.54, 1.807) is 0 Å². The normalized spacial score (nSPS) is 11.5. The molecule has 0 unspecified atom stereocenters. The van der Waals surface area contributed by atoms with Crippen molar-refractivity contribution < 1.29 is 18.0 Å². The van der Waals surface area contributed by atoms with Crippen molar-refractivity contribution >= 4 is 29.0 Å². The molecule has 0 bridgehead atoms. The lowest BCUT2D eigenvalue weighted by molar-refractivity contribution is -0.137. The van der Waals surface area contributed by atoms with Crippen LogP contribution in [0.1, 0.15) is 29.9 Å². The molecule has 0 aliphatic heterocycles. The Morgan fingerprint density at radius 2 is 1.96 bits per heavy atom. The van der Waals surface area contributed by atoms with Crippen LogP contribution in [0.4, 0.5) is 24.7 Å². The van der Waals surface area contributed by atoms with Gasteiger partial charge in [0.25, 0.3) is 5.91 Å². The lowest BCUT2D eigenvalue weighted by atomic mass is 10.2. The molecule has 2 rings (SSSR count). The summed E-state index contributed by atoms with van der Waals surface area (Å²) < 4.78 is 38.3. The number of nitrogens with one attached hydrogen (secondary N) is 2. The van der Waals surface area contributed by atoms with Crippen LogP contribution in [0.15, 0.2) is 30.6 Å². The van der Waals surface area contributed by atoms with Gasteiger partial charge in [0.2, 0.25) is 0 Å². The summed E-state index contributed by atoms with van der Waals surface area (Å²) in [6.07, 6.45) is -1.99. The van der Waals surface area contributed by atoms with Crippen LogP contribution in [-0.4, -0.2) is 22.4 Å². The van der Waals surface area contributed by atoms with Crippen LogP contribution < -0.4 is 10.6 Å². The van der Waals surface area contributed by atoms with Crippen molar-refractivity contribution in [2.24, 2.45) is 5.92 Å². The maximum absolute atomic E-state index is 12.8. The summed E-state index contributed by atoms with van der Waals surface area (Å²) in [5.41, 5.74) is -0.679. The molecule has 0 saturated heterocycles. The molecule has 1 aromatic heterocycles. The molecule has 0 aliphatic carbocycles. The summed E-state index contributed by atoms with van der Waals surface area (Å²) in [5, 5.41) is 5.46. The fourth-order valence-electron chi connectivity index (χ4n) is 1.83. The molecule has 134 valence electrons. The molecule has 1 aromatic carbocycles. The highest BCUT2D eigenvalue weighted by Gasteiger charge is 2.31. The first kappa shape index (κ1) is 19.0. The maximum Gasteiger partial charge on any atom is 0.416 e. The summed E-state index contributed by atoms with van der Waals surface area (Å²) >= 11 is 5.91. The van der Waals surface area contributed by atoms with Crippen molar-refractivity contribution in [3.8, 4) is 0 Å². The summed E-state index contributed by atoms with van der Waals surface area (Å²) in [6, 6.07) is 2.92. The molecule has 0 atom stereocenters. The van der Waals surface area contributed by atoms with E-state index >= 15 is 0 Å². The van der Waals surface area contributed by atoms with Crippen LogP contribution in [0.25, 0.3) is 0 Å². The van der Waals surface area contributed by atoms with Crippen molar-refractivity contribution in [1.82, 2.24) is 15.3 Å². The van der Waals surface area contributed by atoms with Crippen molar-refractivity contribution in [1.29, 1.82) is 0 Å². The second kappa shape index (κ2) is 7.69. The zero-order chi connectivity index (χ0) is 18.6. The van der Waals surface area contributed by atoms with Crippen molar-refractivity contribution in [3.63, 3.8) is 0 Å². The molecule has 2 N–H and O–H groups in total. The number of carbonyl (C=O) groups is 1. The van der Waals surface area contributed by atoms with E-state index in [2.05, 4.69) is 20.6 Å². The van der Waals surface area contributed by atoms with Crippen LogP contribution in [-0.2, 0) is 6.18 Å². The van der Waals surface area contributed by atoms with E-state index in [1.807, 2.05) is 13.8 Å². The average Bonchev–Trinajstić information content (AvgIpc) is 2.54. The third-order valence-corrected chi connectivity index (χ3v) is 3.44. The van der Waals surface area contributed by atoms with Gasteiger partial charge in [-0.15, -0.1) is 0 Å². The highest BCUT2D eigenvalue weighted by molar-refractivity contribution is 6.33. The number of amides is 1. The quantitative estimate of drug-likeness (QED) is 0.822. The number of anilines is 2. The van der Waals surface area contributed by atoms with E-state index in [0.717, 1.165) is 18.2 Å². The largest absolute Gasteiger partial charge is 0.416 e. The molecule has 9 heteroatoms. The molecule has 25 heavy (non-hydrogen) atoms. The van der Waals surface area contributed by atoms with Crippen LogP contribution in [0.5, 0.6) is 0 Å². The fraction of sp³-hybridized carbons (Fsp3) is 0.312. The van der Waals surface area contributed by atoms with Gasteiger partial charge in [-0.25, -0.2) is 9.97 Å². The van der Waals surface area contributed by atoms with Crippen LogP contribution in [0, 0.1) is 5.92 Å². The van der Waals surface area contributed by atoms with Gasteiger partial charge in [0.05, 0.1) is 28.7 Å². The van der Waals surface area contributed by atoms with E-state index in [1.165, 1.54) is 12.4 Å². The van der Waals surface area contributed by atoms with Gasteiger partial charge < -0.3 is 10.6 Å². The van der Waals surface area contributed by atoms with Gasteiger partial charge in [0.15, 0.2) is 0 Å². The van der Waals surface area contributed by atoms with E-state index < -0.39 is 11.7 Å². The monoisotopic (exact) mass is 372 g/mol. The Morgan fingerprint density at radius 1 is 1.24 bits per heavy atom.